The number of amides is 12. The van der Waals surface area contributed by atoms with Gasteiger partial charge in [0.25, 0.3) is 0 Å². The third-order valence-corrected chi connectivity index (χ3v) is 18.0. The Hall–Kier alpha value is -9.45. The Morgan fingerprint density at radius 3 is 2.07 bits per heavy atom. The molecule has 3 aliphatic heterocycles. The van der Waals surface area contributed by atoms with Crippen molar-refractivity contribution in [1.29, 1.82) is 0 Å². The fourth-order valence-electron chi connectivity index (χ4n) is 11.4. The molecule has 2 fully saturated rings. The number of carbonyl (C=O) groups is 11. The molecular formula is C63H91N19O15S. The number of fused-ring (bicyclic) bond motifs is 4. The number of nitrogens with two attached hydrogens (primary N) is 4. The van der Waals surface area contributed by atoms with Crippen molar-refractivity contribution in [3.63, 3.8) is 0 Å². The van der Waals surface area contributed by atoms with Gasteiger partial charge in [0.2, 0.25) is 59.1 Å². The highest BCUT2D eigenvalue weighted by Crippen LogP contribution is 2.33. The fourth-order valence-corrected chi connectivity index (χ4v) is 13.0. The quantitative estimate of drug-likeness (QED) is 0.0106. The van der Waals surface area contributed by atoms with E-state index >= 15 is 0 Å². The van der Waals surface area contributed by atoms with Crippen LogP contribution in [0, 0.1) is 0 Å². The van der Waals surface area contributed by atoms with Gasteiger partial charge in [-0.05, 0) is 62.1 Å². The molecule has 0 radical (unpaired) electrons. The summed E-state index contributed by atoms with van der Waals surface area (Å²) in [7, 11) is 1.82. The predicted molar refractivity (Wildman–Crippen MR) is 357 cm³/mol. The van der Waals surface area contributed by atoms with Crippen molar-refractivity contribution in [2.24, 2.45) is 35.0 Å². The number of rotatable bonds is 29. The number of thioether (sulfide) groups is 1. The summed E-state index contributed by atoms with van der Waals surface area (Å²) in [6.07, 6.45) is 5.37. The number of guanidine groups is 1. The van der Waals surface area contributed by atoms with Crippen LogP contribution in [0.2, 0.25) is 0 Å². The number of urea groups is 1. The van der Waals surface area contributed by atoms with Gasteiger partial charge in [0, 0.05) is 86.7 Å². The molecule has 4 aromatic rings. The van der Waals surface area contributed by atoms with Crippen molar-refractivity contribution >= 4 is 93.7 Å². The predicted octanol–water partition coefficient (Wildman–Crippen LogP) is -4.33. The molecule has 2 aromatic carbocycles. The molecule has 19 N–H and O–H groups in total. The molecule has 35 heteroatoms. The molecule has 3 aliphatic rings. The van der Waals surface area contributed by atoms with E-state index < -0.39 is 115 Å². The molecule has 534 valence electrons. The first kappa shape index (κ1) is 75.9. The average molecular weight is 1390 g/mol. The van der Waals surface area contributed by atoms with Crippen molar-refractivity contribution in [2.75, 3.05) is 65.1 Å². The SMILES string of the molecule is Cn1cc(C[C@@H]2NC(=O)[C@@H](CCCN=C(N)N)NC(=O)[C@@H](Cc3ccccc3)NC(=O)[C@@H](CO)NC(=O)[C@@H](CC(N)=O)NC(=O)[C@@H](NC(=O)COCCOCCOCCNC(=O)CCCC[C@@H]3SC[C@@H]4NC(=O)N[C@@H]43)Cc3cn(nn3)CCCC[C@@H](C(N)=O)NC2=O)c2ccccc21. The first-order valence-corrected chi connectivity index (χ1v) is 33.7. The van der Waals surface area contributed by atoms with Crippen LogP contribution in [0.3, 0.4) is 0 Å². The maximum atomic E-state index is 14.7. The van der Waals surface area contributed by atoms with E-state index in [9.17, 15) is 57.8 Å². The Morgan fingerprint density at radius 1 is 0.684 bits per heavy atom. The number of hydrogen-bond donors (Lipinski definition) is 15. The zero-order chi connectivity index (χ0) is 70.5. The average Bonchev–Trinajstić information content (AvgIpc) is 1.65. The van der Waals surface area contributed by atoms with Crippen LogP contribution in [0.4, 0.5) is 4.79 Å². The summed E-state index contributed by atoms with van der Waals surface area (Å²) in [5.74, 6) is -8.05. The van der Waals surface area contributed by atoms with Crippen molar-refractivity contribution in [3.05, 3.63) is 83.8 Å². The molecule has 0 spiro atoms. The van der Waals surface area contributed by atoms with Crippen LogP contribution in [0.1, 0.15) is 81.0 Å². The minimum absolute atomic E-state index is 0.0127. The minimum Gasteiger partial charge on any atom is -0.394 e. The number of aliphatic hydroxyl groups excluding tert-OH is 1. The Balaban J connectivity index is 1.02. The van der Waals surface area contributed by atoms with Gasteiger partial charge in [-0.25, -0.2) is 4.79 Å². The van der Waals surface area contributed by atoms with Gasteiger partial charge in [-0.15, -0.1) is 5.10 Å². The van der Waals surface area contributed by atoms with Crippen molar-refractivity contribution in [3.8, 4) is 0 Å². The number of carbonyl (C=O) groups excluding carboxylic acids is 11. The van der Waals surface area contributed by atoms with E-state index in [4.69, 9.17) is 37.1 Å². The number of hydrogen-bond acceptors (Lipinski definition) is 19. The number of benzene rings is 2. The zero-order valence-electron chi connectivity index (χ0n) is 54.7. The van der Waals surface area contributed by atoms with Crippen LogP contribution < -0.4 is 76.1 Å². The number of nitrogens with one attached hydrogen (secondary N) is 10. The summed E-state index contributed by atoms with van der Waals surface area (Å²) >= 11 is 1.84. The van der Waals surface area contributed by atoms with Crippen LogP contribution in [0.25, 0.3) is 10.9 Å². The Labute approximate surface area is 569 Å². The van der Waals surface area contributed by atoms with Crippen molar-refractivity contribution < 1.29 is 72.1 Å². The van der Waals surface area contributed by atoms with Crippen molar-refractivity contribution in [2.45, 2.75) is 150 Å². The largest absolute Gasteiger partial charge is 0.394 e. The van der Waals surface area contributed by atoms with Crippen LogP contribution in [0.5, 0.6) is 0 Å². The molecule has 7 rings (SSSR count). The molecule has 2 bridgehead atoms. The van der Waals surface area contributed by atoms with E-state index in [1.807, 2.05) is 47.6 Å². The monoisotopic (exact) mass is 1390 g/mol. The van der Waals surface area contributed by atoms with Gasteiger partial charge in [-0.1, -0.05) is 60.2 Å². The molecule has 34 nitrogen and oxygen atoms in total. The standard InChI is InChI=1S/C63H91N19O15S/c1-81-32-38(40-14-5-6-17-49(40)81)29-44-58(90)71-41(55(65)87)15-9-10-22-82-33-39(79-80-82)30-45(70-53(86)35-97-27-26-96-25-24-95-23-21-68-52(85)19-8-7-18-50-54-48(36-98-50)77-63(94)78-54)59(91)75-46(31-51(64)84)60(92)76-47(34-83)61(93)73-43(28-37-12-3-2-4-13-37)57(89)72-42(56(88)74-44)16-11-20-69-62(66)67/h2-6,12-14,17,32-33,41-48,50,54,83H,7-11,15-16,18-31,34-36H2,1H3,(H2,64,84)(H2,65,87)(H,68,85)(H,70,86)(H,71,90)(H,72,89)(H,73,93)(H,74,88)(H,75,91)(H,76,92)(H4,66,67,69)(H2,77,78,94)/t41-,42+,43+,44-,45-,46+,47+,48-,50-,54-/m0/s1. The molecule has 10 atom stereocenters. The molecule has 0 saturated carbocycles. The van der Waals surface area contributed by atoms with E-state index in [-0.39, 0.29) is 120 Å². The summed E-state index contributed by atoms with van der Waals surface area (Å²) in [6.45, 7) is -0.509. The van der Waals surface area contributed by atoms with Gasteiger partial charge in [-0.3, -0.25) is 57.6 Å². The molecule has 2 saturated heterocycles. The molecule has 12 amide bonds. The Morgan fingerprint density at radius 2 is 1.34 bits per heavy atom. The van der Waals surface area contributed by atoms with E-state index in [0.717, 1.165) is 35.9 Å². The second-order valence-corrected chi connectivity index (χ2v) is 25.3. The molecule has 0 unspecified atom stereocenters. The van der Waals surface area contributed by atoms with Crippen LogP contribution >= 0.6 is 11.8 Å². The first-order valence-electron chi connectivity index (χ1n) is 32.6. The lowest BCUT2D eigenvalue weighted by Gasteiger charge is -2.27. The van der Waals surface area contributed by atoms with E-state index in [1.165, 1.54) is 10.9 Å². The van der Waals surface area contributed by atoms with Crippen LogP contribution in [-0.2, 0) is 95.0 Å². The lowest BCUT2D eigenvalue weighted by molar-refractivity contribution is -0.137. The maximum Gasteiger partial charge on any atom is 0.315 e. The highest BCUT2D eigenvalue weighted by molar-refractivity contribution is 8.00. The summed E-state index contributed by atoms with van der Waals surface area (Å²) < 4.78 is 19.9. The number of aromatic nitrogens is 4. The minimum atomic E-state index is -1.85. The van der Waals surface area contributed by atoms with Gasteiger partial charge in [0.1, 0.15) is 48.9 Å². The molecule has 0 aliphatic carbocycles. The number of para-hydroxylation sites is 1. The number of aryl methyl sites for hydroxylation is 2. The lowest BCUT2D eigenvalue weighted by atomic mass is 10.0. The molecule has 5 heterocycles. The lowest BCUT2D eigenvalue weighted by Crippen LogP contribution is -2.61. The van der Waals surface area contributed by atoms with Gasteiger partial charge in [0.15, 0.2) is 5.96 Å². The van der Waals surface area contributed by atoms with Gasteiger partial charge >= 0.3 is 6.03 Å². The smallest absolute Gasteiger partial charge is 0.315 e. The molecule has 2 aromatic heterocycles. The fraction of sp³-hybridized carbons (Fsp3) is 0.556. The summed E-state index contributed by atoms with van der Waals surface area (Å²) in [5.41, 5.74) is 24.8. The number of ether oxygens (including phenoxy) is 3. The number of nitrogens with zero attached hydrogens (tertiary/aromatic N) is 5. The highest BCUT2D eigenvalue weighted by Gasteiger charge is 2.43. The van der Waals surface area contributed by atoms with Crippen molar-refractivity contribution in [1.82, 2.24) is 72.7 Å². The Kier molecular flexibility index (Phi) is 30.3. The van der Waals surface area contributed by atoms with Gasteiger partial charge < -0.3 is 100.0 Å². The maximum absolute atomic E-state index is 14.7. The second-order valence-electron chi connectivity index (χ2n) is 24.0. The van der Waals surface area contributed by atoms with E-state index in [0.29, 0.717) is 42.2 Å². The first-order chi connectivity index (χ1) is 47.1. The normalized spacial score (nSPS) is 23.1. The van der Waals surface area contributed by atoms with Crippen LogP contribution in [-0.4, -0.2) is 220 Å². The number of primary amides is 2. The highest BCUT2D eigenvalue weighted by atomic mass is 32.2. The second kappa shape index (κ2) is 39.1. The number of unbranched alkanes of at least 4 members (excludes halogenated alkanes) is 1. The summed E-state index contributed by atoms with van der Waals surface area (Å²) in [6, 6.07) is 5.18. The number of aliphatic imine (C=N–C) groups is 1. The summed E-state index contributed by atoms with van der Waals surface area (Å²) in [5, 5.41) is 46.9. The van der Waals surface area contributed by atoms with E-state index in [1.54, 1.807) is 36.5 Å². The third-order valence-electron chi connectivity index (χ3n) is 16.5. The molecule has 98 heavy (non-hydrogen) atoms. The summed E-state index contributed by atoms with van der Waals surface area (Å²) in [4.78, 5) is 154. The van der Waals surface area contributed by atoms with Gasteiger partial charge in [0.05, 0.1) is 63.8 Å². The topological polar surface area (TPSA) is 508 Å². The van der Waals surface area contributed by atoms with E-state index in [2.05, 4.69) is 68.5 Å². The Bertz CT molecular complexity index is 3410. The van der Waals surface area contributed by atoms with Gasteiger partial charge in [-0.2, -0.15) is 11.8 Å². The third kappa shape index (κ3) is 24.6. The number of aliphatic hydroxyl groups is 1. The zero-order valence-corrected chi connectivity index (χ0v) is 55.5. The van der Waals surface area contributed by atoms with Crippen LogP contribution in [0.15, 0.2) is 72.0 Å². The molecular weight excluding hydrogens is 1290 g/mol.